The lowest BCUT2D eigenvalue weighted by Crippen LogP contribution is -2.15. The van der Waals surface area contributed by atoms with Gasteiger partial charge >= 0.3 is 0 Å². The Morgan fingerprint density at radius 1 is 0.719 bits per heavy atom. The highest BCUT2D eigenvalue weighted by Gasteiger charge is 2.35. The van der Waals surface area contributed by atoms with Gasteiger partial charge in [-0.25, -0.2) is 0 Å². The van der Waals surface area contributed by atoms with E-state index in [1.54, 1.807) is 13.8 Å². The molecule has 0 bridgehead atoms. The summed E-state index contributed by atoms with van der Waals surface area (Å²) >= 11 is 0. The number of anilines is 2. The monoisotopic (exact) mass is 420 g/mol. The van der Waals surface area contributed by atoms with E-state index in [1.165, 1.54) is 22.3 Å². The summed E-state index contributed by atoms with van der Waals surface area (Å²) in [5, 5.41) is 3.64. The first kappa shape index (κ1) is 17.3. The van der Waals surface area contributed by atoms with E-state index in [0.717, 1.165) is 28.1 Å². The van der Waals surface area contributed by atoms with Crippen molar-refractivity contribution in [1.29, 1.82) is 0 Å². The predicted molar refractivity (Wildman–Crippen MR) is 138 cm³/mol. The molecule has 0 spiro atoms. The molecule has 5 rings (SSSR count). The standard InChI is InChI=1S/C31H31N/c1-30(2,3)22-16-14-21(15-17-22)24-10-7-9-13-29(24)32-23-18-19-26-25-11-6-8-12-27(25)31(4,5)28(26)20-23/h6-20,32H,1-5H3/i1D3. The Balaban J connectivity index is 1.48. The minimum atomic E-state index is -2.06. The van der Waals surface area contributed by atoms with Crippen molar-refractivity contribution in [3.63, 3.8) is 0 Å². The molecule has 0 saturated carbocycles. The third-order valence-corrected chi connectivity index (χ3v) is 6.71. The predicted octanol–water partition coefficient (Wildman–Crippen LogP) is 8.70. The molecule has 1 aliphatic carbocycles. The van der Waals surface area contributed by atoms with E-state index in [4.69, 9.17) is 4.11 Å². The Morgan fingerprint density at radius 3 is 2.12 bits per heavy atom. The molecule has 0 fully saturated rings. The maximum absolute atomic E-state index is 7.90. The number of benzene rings is 4. The highest BCUT2D eigenvalue weighted by atomic mass is 14.9. The second-order valence-corrected chi connectivity index (χ2v) is 9.80. The largest absolute Gasteiger partial charge is 0.355 e. The van der Waals surface area contributed by atoms with Crippen molar-refractivity contribution in [2.24, 2.45) is 0 Å². The lowest BCUT2D eigenvalue weighted by Gasteiger charge is -2.22. The van der Waals surface area contributed by atoms with E-state index in [-0.39, 0.29) is 5.41 Å². The first-order valence-corrected chi connectivity index (χ1v) is 11.2. The summed E-state index contributed by atoms with van der Waals surface area (Å²) in [6, 6.07) is 31.5. The van der Waals surface area contributed by atoms with Gasteiger partial charge < -0.3 is 5.32 Å². The van der Waals surface area contributed by atoms with E-state index in [0.29, 0.717) is 0 Å². The van der Waals surface area contributed by atoms with Crippen LogP contribution in [0.1, 0.15) is 55.3 Å². The molecule has 0 unspecified atom stereocenters. The summed E-state index contributed by atoms with van der Waals surface area (Å²) in [4.78, 5) is 0. The van der Waals surface area contributed by atoms with Crippen molar-refractivity contribution >= 4 is 11.4 Å². The van der Waals surface area contributed by atoms with Crippen LogP contribution < -0.4 is 5.32 Å². The van der Waals surface area contributed by atoms with Gasteiger partial charge in [0.2, 0.25) is 0 Å². The molecule has 32 heavy (non-hydrogen) atoms. The van der Waals surface area contributed by atoms with Crippen molar-refractivity contribution in [2.75, 3.05) is 5.32 Å². The summed E-state index contributed by atoms with van der Waals surface area (Å²) in [7, 11) is 0. The van der Waals surface area contributed by atoms with Crippen LogP contribution in [0.25, 0.3) is 22.3 Å². The summed E-state index contributed by atoms with van der Waals surface area (Å²) < 4.78 is 23.7. The van der Waals surface area contributed by atoms with Crippen molar-refractivity contribution in [3.05, 3.63) is 108 Å². The Bertz CT molecular complexity index is 1400. The topological polar surface area (TPSA) is 12.0 Å². The molecular formula is C31H31N. The van der Waals surface area contributed by atoms with Gasteiger partial charge in [-0.05, 0) is 57.0 Å². The van der Waals surface area contributed by atoms with E-state index in [9.17, 15) is 0 Å². The molecule has 1 N–H and O–H groups in total. The molecule has 0 atom stereocenters. The van der Waals surface area contributed by atoms with E-state index in [2.05, 4.69) is 73.8 Å². The van der Waals surface area contributed by atoms with Gasteiger partial charge in [0, 0.05) is 26.5 Å². The number of nitrogens with one attached hydrogen (secondary N) is 1. The summed E-state index contributed by atoms with van der Waals surface area (Å²) in [5.74, 6) is 0. The highest BCUT2D eigenvalue weighted by Crippen LogP contribution is 2.49. The Kier molecular flexibility index (Phi) is 3.98. The molecule has 4 aromatic carbocycles. The normalized spacial score (nSPS) is 15.8. The van der Waals surface area contributed by atoms with Crippen LogP contribution in [0.15, 0.2) is 91.0 Å². The third-order valence-electron chi connectivity index (χ3n) is 6.71. The molecule has 4 aromatic rings. The van der Waals surface area contributed by atoms with Crippen molar-refractivity contribution in [1.82, 2.24) is 0 Å². The molecule has 1 heteroatoms. The zero-order valence-corrected chi connectivity index (χ0v) is 19.2. The number of para-hydroxylation sites is 1. The fraction of sp³-hybridized carbons (Fsp3) is 0.226. The fourth-order valence-corrected chi connectivity index (χ4v) is 4.85. The van der Waals surface area contributed by atoms with Gasteiger partial charge in [-0.2, -0.15) is 0 Å². The van der Waals surface area contributed by atoms with Gasteiger partial charge in [0.25, 0.3) is 0 Å². The molecule has 0 radical (unpaired) electrons. The quantitative estimate of drug-likeness (QED) is 0.349. The van der Waals surface area contributed by atoms with Crippen molar-refractivity contribution in [2.45, 2.75) is 45.4 Å². The van der Waals surface area contributed by atoms with Gasteiger partial charge in [-0.15, -0.1) is 0 Å². The lowest BCUT2D eigenvalue weighted by molar-refractivity contribution is 0.590. The van der Waals surface area contributed by atoms with Gasteiger partial charge in [0.15, 0.2) is 0 Å². The Labute approximate surface area is 196 Å². The fourth-order valence-electron chi connectivity index (χ4n) is 4.85. The van der Waals surface area contributed by atoms with E-state index >= 15 is 0 Å². The van der Waals surface area contributed by atoms with Crippen LogP contribution in [0.5, 0.6) is 0 Å². The second-order valence-electron chi connectivity index (χ2n) is 9.80. The average molecular weight is 421 g/mol. The zero-order valence-electron chi connectivity index (χ0n) is 22.2. The number of fused-ring (bicyclic) bond motifs is 3. The van der Waals surface area contributed by atoms with Crippen LogP contribution in [0.3, 0.4) is 0 Å². The molecule has 0 heterocycles. The van der Waals surface area contributed by atoms with E-state index in [1.807, 2.05) is 36.4 Å². The zero-order chi connectivity index (χ0) is 25.0. The van der Waals surface area contributed by atoms with Gasteiger partial charge in [0.1, 0.15) is 0 Å². The lowest BCUT2D eigenvalue weighted by atomic mass is 9.82. The van der Waals surface area contributed by atoms with Crippen molar-refractivity contribution in [3.8, 4) is 22.3 Å². The Hall–Kier alpha value is -3.32. The van der Waals surface area contributed by atoms with Crippen LogP contribution in [0.4, 0.5) is 11.4 Å². The minimum Gasteiger partial charge on any atom is -0.355 e. The first-order valence-electron chi connectivity index (χ1n) is 12.7. The molecule has 1 nitrogen and oxygen atoms in total. The highest BCUT2D eigenvalue weighted by molar-refractivity contribution is 5.85. The molecule has 0 aliphatic heterocycles. The molecule has 0 saturated heterocycles. The Morgan fingerprint density at radius 2 is 1.38 bits per heavy atom. The maximum Gasteiger partial charge on any atom is 0.0463 e. The number of hydrogen-bond donors (Lipinski definition) is 1. The van der Waals surface area contributed by atoms with Crippen LogP contribution in [0, 0.1) is 0 Å². The summed E-state index contributed by atoms with van der Waals surface area (Å²) in [5.41, 5.74) is 9.38. The van der Waals surface area contributed by atoms with E-state index < -0.39 is 12.3 Å². The molecule has 1 aliphatic rings. The first-order chi connectivity index (χ1) is 16.5. The van der Waals surface area contributed by atoms with Crippen molar-refractivity contribution < 1.29 is 4.11 Å². The summed E-state index contributed by atoms with van der Waals surface area (Å²) in [6.07, 6.45) is 0. The molecule has 0 aromatic heterocycles. The van der Waals surface area contributed by atoms with Crippen LogP contribution >= 0.6 is 0 Å². The molecule has 160 valence electrons. The second kappa shape index (κ2) is 7.38. The van der Waals surface area contributed by atoms with Crippen LogP contribution in [0.2, 0.25) is 0 Å². The van der Waals surface area contributed by atoms with Gasteiger partial charge in [-0.1, -0.05) is 107 Å². The van der Waals surface area contributed by atoms with Crippen LogP contribution in [-0.4, -0.2) is 0 Å². The summed E-state index contributed by atoms with van der Waals surface area (Å²) in [6.45, 7) is 6.07. The average Bonchev–Trinajstić information content (AvgIpc) is 3.06. The molecular weight excluding hydrogens is 386 g/mol. The van der Waals surface area contributed by atoms with Gasteiger partial charge in [0.05, 0.1) is 0 Å². The minimum absolute atomic E-state index is 0.0471. The number of hydrogen-bond acceptors (Lipinski definition) is 1. The maximum atomic E-state index is 7.90. The van der Waals surface area contributed by atoms with Gasteiger partial charge in [-0.3, -0.25) is 0 Å². The SMILES string of the molecule is [2H]C([2H])([2H])C(C)(C)c1ccc(-c2ccccc2Nc2ccc3c(c2)C(C)(C)c2ccccc2-3)cc1. The van der Waals surface area contributed by atoms with Crippen LogP contribution in [-0.2, 0) is 10.8 Å². The smallest absolute Gasteiger partial charge is 0.0463 e. The molecule has 0 amide bonds. The third kappa shape index (κ3) is 3.42. The number of rotatable bonds is 3.